The van der Waals surface area contributed by atoms with Crippen molar-refractivity contribution in [1.82, 2.24) is 9.80 Å². The Balaban J connectivity index is 1.81. The molecule has 3 heteroatoms. The Morgan fingerprint density at radius 2 is 1.82 bits per heavy atom. The van der Waals surface area contributed by atoms with Gasteiger partial charge in [0, 0.05) is 32.7 Å². The van der Waals surface area contributed by atoms with E-state index >= 15 is 0 Å². The van der Waals surface area contributed by atoms with Crippen LogP contribution in [0.4, 0.5) is 0 Å². The quantitative estimate of drug-likeness (QED) is 0.733. The molecule has 1 heterocycles. The van der Waals surface area contributed by atoms with Gasteiger partial charge in [0.2, 0.25) is 0 Å². The predicted molar refractivity (Wildman–Crippen MR) is 68.8 cm³/mol. The molecule has 92 valence electrons. The van der Waals surface area contributed by atoms with Crippen LogP contribution in [0.2, 0.25) is 0 Å². The SMILES string of the molecule is CC(C=O)N1CCN(Cc2ccccc2)CC1. The van der Waals surface area contributed by atoms with Gasteiger partial charge in [0.25, 0.3) is 0 Å². The summed E-state index contributed by atoms with van der Waals surface area (Å²) in [5.41, 5.74) is 1.37. The Kier molecular flexibility index (Phi) is 4.29. The maximum Gasteiger partial charge on any atom is 0.136 e. The number of hydrogen-bond donors (Lipinski definition) is 0. The molecular formula is C14H20N2O. The van der Waals surface area contributed by atoms with E-state index in [4.69, 9.17) is 0 Å². The van der Waals surface area contributed by atoms with Gasteiger partial charge >= 0.3 is 0 Å². The lowest BCUT2D eigenvalue weighted by Gasteiger charge is -2.36. The standard InChI is InChI=1S/C14H20N2O/c1-13(12-17)16-9-7-15(8-10-16)11-14-5-3-2-4-6-14/h2-6,12-13H,7-11H2,1H3. The fraction of sp³-hybridized carbons (Fsp3) is 0.500. The zero-order chi connectivity index (χ0) is 12.1. The second-order valence-electron chi connectivity index (χ2n) is 4.67. The molecule has 0 N–H and O–H groups in total. The van der Waals surface area contributed by atoms with Crippen LogP contribution >= 0.6 is 0 Å². The fourth-order valence-corrected chi connectivity index (χ4v) is 2.26. The van der Waals surface area contributed by atoms with E-state index in [1.807, 2.05) is 13.0 Å². The van der Waals surface area contributed by atoms with Gasteiger partial charge in [-0.3, -0.25) is 9.80 Å². The molecule has 1 aromatic rings. The van der Waals surface area contributed by atoms with Crippen molar-refractivity contribution in [2.45, 2.75) is 19.5 Å². The van der Waals surface area contributed by atoms with E-state index in [-0.39, 0.29) is 6.04 Å². The highest BCUT2D eigenvalue weighted by Crippen LogP contribution is 2.09. The Labute approximate surface area is 103 Å². The minimum absolute atomic E-state index is 0.0638. The highest BCUT2D eigenvalue weighted by atomic mass is 16.1. The van der Waals surface area contributed by atoms with Crippen LogP contribution in [0.3, 0.4) is 0 Å². The third-order valence-electron chi connectivity index (χ3n) is 3.43. The molecule has 2 rings (SSSR count). The molecule has 0 radical (unpaired) electrons. The Morgan fingerprint density at radius 3 is 2.41 bits per heavy atom. The lowest BCUT2D eigenvalue weighted by atomic mass is 10.2. The molecule has 1 aliphatic rings. The summed E-state index contributed by atoms with van der Waals surface area (Å²) in [5.74, 6) is 0. The molecule has 0 amide bonds. The number of rotatable bonds is 4. The van der Waals surface area contributed by atoms with E-state index < -0.39 is 0 Å². The molecule has 1 saturated heterocycles. The molecule has 1 fully saturated rings. The van der Waals surface area contributed by atoms with Crippen LogP contribution in [0.15, 0.2) is 30.3 Å². The molecule has 1 aliphatic heterocycles. The van der Waals surface area contributed by atoms with Gasteiger partial charge in [-0.05, 0) is 12.5 Å². The van der Waals surface area contributed by atoms with Gasteiger partial charge in [-0.2, -0.15) is 0 Å². The molecular weight excluding hydrogens is 212 g/mol. The molecule has 0 bridgehead atoms. The summed E-state index contributed by atoms with van der Waals surface area (Å²) in [4.78, 5) is 15.4. The zero-order valence-corrected chi connectivity index (χ0v) is 10.4. The van der Waals surface area contributed by atoms with Gasteiger partial charge < -0.3 is 4.79 Å². The number of benzene rings is 1. The first-order chi connectivity index (χ1) is 8.29. The van der Waals surface area contributed by atoms with Crippen molar-refractivity contribution in [2.75, 3.05) is 26.2 Å². The van der Waals surface area contributed by atoms with Crippen molar-refractivity contribution in [1.29, 1.82) is 0 Å². The molecule has 0 aliphatic carbocycles. The first-order valence-electron chi connectivity index (χ1n) is 6.25. The summed E-state index contributed by atoms with van der Waals surface area (Å²) in [6.45, 7) is 7.07. The van der Waals surface area contributed by atoms with Gasteiger partial charge in [-0.15, -0.1) is 0 Å². The molecule has 1 aromatic carbocycles. The number of aldehydes is 1. The first-order valence-corrected chi connectivity index (χ1v) is 6.25. The summed E-state index contributed by atoms with van der Waals surface area (Å²) >= 11 is 0. The predicted octanol–water partition coefficient (Wildman–Crippen LogP) is 1.39. The number of carbonyl (C=O) groups is 1. The Hall–Kier alpha value is -1.19. The highest BCUT2D eigenvalue weighted by molar-refractivity contribution is 5.56. The van der Waals surface area contributed by atoms with E-state index in [1.54, 1.807) is 0 Å². The van der Waals surface area contributed by atoms with Crippen molar-refractivity contribution in [3.05, 3.63) is 35.9 Å². The lowest BCUT2D eigenvalue weighted by Crippen LogP contribution is -2.49. The monoisotopic (exact) mass is 232 g/mol. The maximum atomic E-state index is 10.7. The van der Waals surface area contributed by atoms with Crippen molar-refractivity contribution in [3.63, 3.8) is 0 Å². The lowest BCUT2D eigenvalue weighted by molar-refractivity contribution is -0.112. The third kappa shape index (κ3) is 3.38. The van der Waals surface area contributed by atoms with E-state index in [9.17, 15) is 4.79 Å². The number of carbonyl (C=O) groups excluding carboxylic acids is 1. The summed E-state index contributed by atoms with van der Waals surface area (Å²) < 4.78 is 0. The average Bonchev–Trinajstić information content (AvgIpc) is 2.40. The van der Waals surface area contributed by atoms with Gasteiger partial charge in [-0.25, -0.2) is 0 Å². The van der Waals surface area contributed by atoms with Crippen LogP contribution in [0.1, 0.15) is 12.5 Å². The van der Waals surface area contributed by atoms with Gasteiger partial charge in [0.05, 0.1) is 6.04 Å². The molecule has 1 unspecified atom stereocenters. The number of nitrogens with zero attached hydrogens (tertiary/aromatic N) is 2. The van der Waals surface area contributed by atoms with Crippen molar-refractivity contribution in [2.24, 2.45) is 0 Å². The fourth-order valence-electron chi connectivity index (χ4n) is 2.26. The van der Waals surface area contributed by atoms with Crippen molar-refractivity contribution < 1.29 is 4.79 Å². The number of piperazine rings is 1. The summed E-state index contributed by atoms with van der Waals surface area (Å²) in [5, 5.41) is 0. The van der Waals surface area contributed by atoms with E-state index in [0.717, 1.165) is 39.0 Å². The van der Waals surface area contributed by atoms with Crippen LogP contribution in [-0.2, 0) is 11.3 Å². The van der Waals surface area contributed by atoms with Crippen LogP contribution < -0.4 is 0 Å². The maximum absolute atomic E-state index is 10.7. The largest absolute Gasteiger partial charge is 0.302 e. The normalized spacial score (nSPS) is 20.1. The van der Waals surface area contributed by atoms with Crippen LogP contribution in [0.5, 0.6) is 0 Å². The molecule has 1 atom stereocenters. The minimum Gasteiger partial charge on any atom is -0.302 e. The van der Waals surface area contributed by atoms with Crippen molar-refractivity contribution >= 4 is 6.29 Å². The smallest absolute Gasteiger partial charge is 0.136 e. The van der Waals surface area contributed by atoms with Gasteiger partial charge in [0.15, 0.2) is 0 Å². The van der Waals surface area contributed by atoms with Gasteiger partial charge in [-0.1, -0.05) is 30.3 Å². The number of hydrogen-bond acceptors (Lipinski definition) is 3. The summed E-state index contributed by atoms with van der Waals surface area (Å²) in [7, 11) is 0. The summed E-state index contributed by atoms with van der Waals surface area (Å²) in [6.07, 6.45) is 1.03. The second kappa shape index (κ2) is 5.94. The highest BCUT2D eigenvalue weighted by Gasteiger charge is 2.20. The second-order valence-corrected chi connectivity index (χ2v) is 4.67. The van der Waals surface area contributed by atoms with Gasteiger partial charge in [0.1, 0.15) is 6.29 Å². The Bertz CT molecular complexity index is 344. The molecule has 0 aromatic heterocycles. The topological polar surface area (TPSA) is 23.6 Å². The Morgan fingerprint density at radius 1 is 1.18 bits per heavy atom. The van der Waals surface area contributed by atoms with Crippen LogP contribution in [-0.4, -0.2) is 48.3 Å². The van der Waals surface area contributed by atoms with E-state index in [1.165, 1.54) is 5.56 Å². The molecule has 17 heavy (non-hydrogen) atoms. The molecule has 0 saturated carbocycles. The molecule has 3 nitrogen and oxygen atoms in total. The van der Waals surface area contributed by atoms with Crippen molar-refractivity contribution in [3.8, 4) is 0 Å². The average molecular weight is 232 g/mol. The van der Waals surface area contributed by atoms with Crippen LogP contribution in [0, 0.1) is 0 Å². The summed E-state index contributed by atoms with van der Waals surface area (Å²) in [6, 6.07) is 10.6. The van der Waals surface area contributed by atoms with E-state index in [2.05, 4.69) is 34.1 Å². The third-order valence-corrected chi connectivity index (χ3v) is 3.43. The first kappa shape index (κ1) is 12.3. The van der Waals surface area contributed by atoms with Crippen LogP contribution in [0.25, 0.3) is 0 Å². The zero-order valence-electron chi connectivity index (χ0n) is 10.4. The minimum atomic E-state index is 0.0638. The van der Waals surface area contributed by atoms with E-state index in [0.29, 0.717) is 0 Å². The molecule has 0 spiro atoms.